The molecule has 1 aromatic rings. The molecule has 2 rings (SSSR count). The van der Waals surface area contributed by atoms with Gasteiger partial charge in [-0.25, -0.2) is 0 Å². The molecular formula is C18H28N2O. The SMILES string of the molecule is CCC(C)NC(=O)C1CCN(Cc2ccccc2C)CC1. The molecule has 1 unspecified atom stereocenters. The van der Waals surface area contributed by atoms with Crippen LogP contribution < -0.4 is 5.32 Å². The van der Waals surface area contributed by atoms with E-state index in [1.165, 1.54) is 11.1 Å². The summed E-state index contributed by atoms with van der Waals surface area (Å²) in [5.41, 5.74) is 2.76. The molecule has 1 atom stereocenters. The molecule has 1 aliphatic rings. The first kappa shape index (κ1) is 16.0. The Labute approximate surface area is 128 Å². The highest BCUT2D eigenvalue weighted by Gasteiger charge is 2.25. The van der Waals surface area contributed by atoms with Crippen molar-refractivity contribution in [2.45, 2.75) is 52.6 Å². The molecule has 0 aromatic heterocycles. The van der Waals surface area contributed by atoms with Gasteiger partial charge in [0.15, 0.2) is 0 Å². The number of rotatable bonds is 5. The Morgan fingerprint density at radius 2 is 2.00 bits per heavy atom. The minimum absolute atomic E-state index is 0.201. The highest BCUT2D eigenvalue weighted by atomic mass is 16.1. The molecule has 1 N–H and O–H groups in total. The molecular weight excluding hydrogens is 260 g/mol. The minimum atomic E-state index is 0.201. The van der Waals surface area contributed by atoms with Crippen LogP contribution in [0.3, 0.4) is 0 Å². The summed E-state index contributed by atoms with van der Waals surface area (Å²) in [6.45, 7) is 9.40. The zero-order chi connectivity index (χ0) is 15.2. The average molecular weight is 288 g/mol. The van der Waals surface area contributed by atoms with Crippen LogP contribution in [-0.4, -0.2) is 29.9 Å². The Kier molecular flexibility index (Phi) is 5.80. The molecule has 0 radical (unpaired) electrons. The first-order chi connectivity index (χ1) is 10.1. The maximum atomic E-state index is 12.2. The summed E-state index contributed by atoms with van der Waals surface area (Å²) in [5.74, 6) is 0.451. The van der Waals surface area contributed by atoms with Crippen molar-refractivity contribution >= 4 is 5.91 Å². The number of benzene rings is 1. The van der Waals surface area contributed by atoms with Crippen molar-refractivity contribution in [1.82, 2.24) is 10.2 Å². The molecule has 21 heavy (non-hydrogen) atoms. The second-order valence-corrected chi connectivity index (χ2v) is 6.29. The van der Waals surface area contributed by atoms with Crippen molar-refractivity contribution < 1.29 is 4.79 Å². The molecule has 0 aliphatic carbocycles. The lowest BCUT2D eigenvalue weighted by Crippen LogP contribution is -2.42. The van der Waals surface area contributed by atoms with Gasteiger partial charge in [0.25, 0.3) is 0 Å². The molecule has 1 aliphatic heterocycles. The fourth-order valence-electron chi connectivity index (χ4n) is 2.84. The zero-order valence-corrected chi connectivity index (χ0v) is 13.6. The second kappa shape index (κ2) is 7.60. The third kappa shape index (κ3) is 4.57. The Balaban J connectivity index is 1.81. The van der Waals surface area contributed by atoms with E-state index in [1.54, 1.807) is 0 Å². The molecule has 3 heteroatoms. The Morgan fingerprint density at radius 3 is 2.62 bits per heavy atom. The molecule has 0 spiro atoms. The number of carbonyl (C=O) groups excluding carboxylic acids is 1. The zero-order valence-electron chi connectivity index (χ0n) is 13.6. The third-order valence-corrected chi connectivity index (χ3v) is 4.61. The number of amides is 1. The van der Waals surface area contributed by atoms with Gasteiger partial charge in [-0.3, -0.25) is 9.69 Å². The first-order valence-corrected chi connectivity index (χ1v) is 8.17. The van der Waals surface area contributed by atoms with Crippen LogP contribution >= 0.6 is 0 Å². The lowest BCUT2D eigenvalue weighted by Gasteiger charge is -2.32. The highest BCUT2D eigenvalue weighted by Crippen LogP contribution is 2.20. The van der Waals surface area contributed by atoms with Gasteiger partial charge in [-0.15, -0.1) is 0 Å². The monoisotopic (exact) mass is 288 g/mol. The van der Waals surface area contributed by atoms with Gasteiger partial charge in [-0.1, -0.05) is 31.2 Å². The predicted octanol–water partition coefficient (Wildman–Crippen LogP) is 3.12. The van der Waals surface area contributed by atoms with Crippen molar-refractivity contribution in [3.8, 4) is 0 Å². The molecule has 0 bridgehead atoms. The van der Waals surface area contributed by atoms with Gasteiger partial charge in [0.1, 0.15) is 0 Å². The van der Waals surface area contributed by atoms with Crippen molar-refractivity contribution in [2.24, 2.45) is 5.92 Å². The fraction of sp³-hybridized carbons (Fsp3) is 0.611. The summed E-state index contributed by atoms with van der Waals surface area (Å²) in [4.78, 5) is 14.6. The van der Waals surface area contributed by atoms with E-state index in [2.05, 4.69) is 55.3 Å². The van der Waals surface area contributed by atoms with Gasteiger partial charge in [0.2, 0.25) is 5.91 Å². The second-order valence-electron chi connectivity index (χ2n) is 6.29. The summed E-state index contributed by atoms with van der Waals surface area (Å²) in [5, 5.41) is 3.12. The number of hydrogen-bond acceptors (Lipinski definition) is 2. The lowest BCUT2D eigenvalue weighted by atomic mass is 9.95. The predicted molar refractivity (Wildman–Crippen MR) is 87.1 cm³/mol. The number of hydrogen-bond donors (Lipinski definition) is 1. The van der Waals surface area contributed by atoms with Crippen LogP contribution in [0.4, 0.5) is 0 Å². The smallest absolute Gasteiger partial charge is 0.223 e. The number of nitrogens with one attached hydrogen (secondary N) is 1. The molecule has 1 fully saturated rings. The summed E-state index contributed by atoms with van der Waals surface area (Å²) >= 11 is 0. The number of nitrogens with zero attached hydrogens (tertiary/aromatic N) is 1. The van der Waals surface area contributed by atoms with E-state index >= 15 is 0 Å². The van der Waals surface area contributed by atoms with Crippen LogP contribution in [-0.2, 0) is 11.3 Å². The van der Waals surface area contributed by atoms with Crippen LogP contribution in [0.5, 0.6) is 0 Å². The molecule has 1 amide bonds. The van der Waals surface area contributed by atoms with Crippen molar-refractivity contribution in [1.29, 1.82) is 0 Å². The summed E-state index contributed by atoms with van der Waals surface area (Å²) < 4.78 is 0. The standard InChI is InChI=1S/C18H28N2O/c1-4-15(3)19-18(21)16-9-11-20(12-10-16)13-17-8-6-5-7-14(17)2/h5-8,15-16H,4,9-13H2,1-3H3,(H,19,21). The van der Waals surface area contributed by atoms with E-state index in [0.717, 1.165) is 38.9 Å². The van der Waals surface area contributed by atoms with E-state index < -0.39 is 0 Å². The van der Waals surface area contributed by atoms with Gasteiger partial charge in [0.05, 0.1) is 0 Å². The molecule has 116 valence electrons. The number of carbonyl (C=O) groups is 1. The average Bonchev–Trinajstić information content (AvgIpc) is 2.50. The van der Waals surface area contributed by atoms with Gasteiger partial charge in [0, 0.05) is 18.5 Å². The topological polar surface area (TPSA) is 32.3 Å². The van der Waals surface area contributed by atoms with Crippen LogP contribution in [0, 0.1) is 12.8 Å². The summed E-state index contributed by atoms with van der Waals surface area (Å²) in [6, 6.07) is 8.86. The lowest BCUT2D eigenvalue weighted by molar-refractivity contribution is -0.127. The normalized spacial score (nSPS) is 18.4. The molecule has 3 nitrogen and oxygen atoms in total. The van der Waals surface area contributed by atoms with E-state index in [4.69, 9.17) is 0 Å². The van der Waals surface area contributed by atoms with Gasteiger partial charge < -0.3 is 5.32 Å². The van der Waals surface area contributed by atoms with Crippen LogP contribution in [0.15, 0.2) is 24.3 Å². The number of likely N-dealkylation sites (tertiary alicyclic amines) is 1. The third-order valence-electron chi connectivity index (χ3n) is 4.61. The van der Waals surface area contributed by atoms with E-state index in [9.17, 15) is 4.79 Å². The van der Waals surface area contributed by atoms with Gasteiger partial charge >= 0.3 is 0 Å². The fourth-order valence-corrected chi connectivity index (χ4v) is 2.84. The summed E-state index contributed by atoms with van der Waals surface area (Å²) in [6.07, 6.45) is 2.96. The largest absolute Gasteiger partial charge is 0.353 e. The maximum absolute atomic E-state index is 12.2. The molecule has 1 heterocycles. The Bertz CT molecular complexity index is 464. The Morgan fingerprint density at radius 1 is 1.33 bits per heavy atom. The number of aryl methyl sites for hydroxylation is 1. The molecule has 1 saturated heterocycles. The minimum Gasteiger partial charge on any atom is -0.353 e. The Hall–Kier alpha value is -1.35. The molecule has 0 saturated carbocycles. The van der Waals surface area contributed by atoms with E-state index in [1.807, 2.05) is 0 Å². The van der Waals surface area contributed by atoms with Crippen LogP contribution in [0.25, 0.3) is 0 Å². The van der Waals surface area contributed by atoms with Crippen molar-refractivity contribution in [2.75, 3.05) is 13.1 Å². The van der Waals surface area contributed by atoms with Gasteiger partial charge in [-0.05, 0) is 57.3 Å². The quantitative estimate of drug-likeness (QED) is 0.903. The molecule has 1 aromatic carbocycles. The van der Waals surface area contributed by atoms with Crippen LogP contribution in [0.2, 0.25) is 0 Å². The highest BCUT2D eigenvalue weighted by molar-refractivity contribution is 5.79. The van der Waals surface area contributed by atoms with E-state index in [0.29, 0.717) is 6.04 Å². The van der Waals surface area contributed by atoms with Crippen molar-refractivity contribution in [3.63, 3.8) is 0 Å². The maximum Gasteiger partial charge on any atom is 0.223 e. The number of piperidine rings is 1. The van der Waals surface area contributed by atoms with Crippen molar-refractivity contribution in [3.05, 3.63) is 35.4 Å². The summed E-state index contributed by atoms with van der Waals surface area (Å²) in [7, 11) is 0. The van der Waals surface area contributed by atoms with Crippen LogP contribution in [0.1, 0.15) is 44.2 Å². The first-order valence-electron chi connectivity index (χ1n) is 8.17. The van der Waals surface area contributed by atoms with Gasteiger partial charge in [-0.2, -0.15) is 0 Å². The van der Waals surface area contributed by atoms with E-state index in [-0.39, 0.29) is 11.8 Å².